The summed E-state index contributed by atoms with van der Waals surface area (Å²) in [7, 11) is 0. The molecule has 3 atom stereocenters. The summed E-state index contributed by atoms with van der Waals surface area (Å²) >= 11 is 0. The number of aliphatic imine (C=N–C) groups is 2. The normalized spacial score (nSPS) is 12.8. The highest BCUT2D eigenvalue weighted by Crippen LogP contribution is 2.02. The van der Waals surface area contributed by atoms with Gasteiger partial charge in [-0.1, -0.05) is 0 Å². The van der Waals surface area contributed by atoms with E-state index < -0.39 is 60.8 Å². The van der Waals surface area contributed by atoms with E-state index in [1.54, 1.807) is 0 Å². The van der Waals surface area contributed by atoms with Gasteiger partial charge in [-0.15, -0.1) is 0 Å². The second-order valence-electron chi connectivity index (χ2n) is 7.67. The molecule has 15 N–H and O–H groups in total. The molecule has 0 aliphatic rings. The number of nitrogens with one attached hydrogen (secondary N) is 3. The highest BCUT2D eigenvalue weighted by molar-refractivity contribution is 5.92. The van der Waals surface area contributed by atoms with Crippen LogP contribution in [0, 0.1) is 0 Å². The topological polar surface area (TPSA) is 317 Å². The number of carbonyl (C=O) groups is 5. The number of nitrogens with two attached hydrogens (primary N) is 5. The maximum absolute atomic E-state index is 12.6. The lowest BCUT2D eigenvalue weighted by molar-refractivity contribution is -0.143. The molecular formula is C19H36N10O7. The summed E-state index contributed by atoms with van der Waals surface area (Å²) in [6, 6.07) is -3.50. The minimum atomic E-state index is -1.45. The van der Waals surface area contributed by atoms with Crippen LogP contribution < -0.4 is 44.6 Å². The number of hydrogen-bond acceptors (Lipinski definition) is 8. The van der Waals surface area contributed by atoms with Gasteiger partial charge in [0.2, 0.25) is 17.7 Å². The summed E-state index contributed by atoms with van der Waals surface area (Å²) in [5, 5.41) is 24.7. The largest absolute Gasteiger partial charge is 0.481 e. The number of nitrogens with zero attached hydrogens (tertiary/aromatic N) is 2. The van der Waals surface area contributed by atoms with E-state index in [0.29, 0.717) is 12.8 Å². The molecule has 17 heteroatoms. The molecule has 0 aromatic carbocycles. The molecule has 0 aliphatic heterocycles. The molecule has 0 heterocycles. The first kappa shape index (κ1) is 31.9. The second-order valence-corrected chi connectivity index (χ2v) is 7.67. The first-order chi connectivity index (χ1) is 16.8. The first-order valence-electron chi connectivity index (χ1n) is 11.0. The molecule has 3 unspecified atom stereocenters. The Labute approximate surface area is 207 Å². The minimum Gasteiger partial charge on any atom is -0.481 e. The lowest BCUT2D eigenvalue weighted by Gasteiger charge is -2.21. The highest BCUT2D eigenvalue weighted by atomic mass is 16.4. The molecule has 0 aromatic heterocycles. The third-order valence-corrected chi connectivity index (χ3v) is 4.59. The van der Waals surface area contributed by atoms with Gasteiger partial charge in [-0.05, 0) is 32.1 Å². The molecule has 0 fully saturated rings. The molecule has 17 nitrogen and oxygen atoms in total. The van der Waals surface area contributed by atoms with E-state index in [-0.39, 0.29) is 44.3 Å². The number of rotatable bonds is 18. The zero-order valence-corrected chi connectivity index (χ0v) is 19.8. The van der Waals surface area contributed by atoms with Crippen molar-refractivity contribution in [3.63, 3.8) is 0 Å². The molecule has 204 valence electrons. The lowest BCUT2D eigenvalue weighted by atomic mass is 10.1. The van der Waals surface area contributed by atoms with Crippen molar-refractivity contribution < 1.29 is 34.2 Å². The third kappa shape index (κ3) is 15.6. The van der Waals surface area contributed by atoms with E-state index in [1.165, 1.54) is 0 Å². The molecule has 3 amide bonds. The van der Waals surface area contributed by atoms with E-state index in [4.69, 9.17) is 38.9 Å². The Balaban J connectivity index is 5.00. The van der Waals surface area contributed by atoms with Crippen molar-refractivity contribution in [2.45, 2.75) is 56.7 Å². The molecule has 0 radical (unpaired) electrons. The predicted molar refractivity (Wildman–Crippen MR) is 129 cm³/mol. The van der Waals surface area contributed by atoms with Gasteiger partial charge in [0.25, 0.3) is 0 Å². The molecule has 0 saturated heterocycles. The van der Waals surface area contributed by atoms with Crippen LogP contribution in [0.4, 0.5) is 0 Å². The van der Waals surface area contributed by atoms with Crippen LogP contribution in [0.5, 0.6) is 0 Å². The van der Waals surface area contributed by atoms with E-state index in [0.717, 1.165) is 0 Å². The van der Waals surface area contributed by atoms with Crippen molar-refractivity contribution in [3.8, 4) is 0 Å². The van der Waals surface area contributed by atoms with Crippen molar-refractivity contribution in [1.29, 1.82) is 0 Å². The maximum atomic E-state index is 12.6. The Kier molecular flexibility index (Phi) is 15.3. The highest BCUT2D eigenvalue weighted by Gasteiger charge is 2.25. The Morgan fingerprint density at radius 1 is 0.750 bits per heavy atom. The fourth-order valence-corrected chi connectivity index (χ4v) is 2.76. The van der Waals surface area contributed by atoms with Crippen LogP contribution in [-0.2, 0) is 24.0 Å². The van der Waals surface area contributed by atoms with Crippen molar-refractivity contribution in [2.75, 3.05) is 19.6 Å². The monoisotopic (exact) mass is 516 g/mol. The number of carbonyl (C=O) groups excluding carboxylic acids is 3. The van der Waals surface area contributed by atoms with Crippen LogP contribution in [-0.4, -0.2) is 89.6 Å². The molecule has 0 rings (SSSR count). The number of amides is 3. The molecule has 0 aromatic rings. The minimum absolute atomic E-state index is 0.0915. The van der Waals surface area contributed by atoms with Gasteiger partial charge >= 0.3 is 11.9 Å². The molecule has 0 saturated carbocycles. The standard InChI is InChI=1S/C19H36N10O7/c20-10(3-1-7-25-18(21)22)15(33)29-11(4-2-8-26-19(23)24)16(34)27-9-13(30)28-12(17(35)36)5-6-14(31)32/h10-12H,1-9,20H2,(H,27,34)(H,28,30)(H,29,33)(H,31,32)(H,35,36)(H4,21,22,25)(H4,23,24,26). The summed E-state index contributed by atoms with van der Waals surface area (Å²) in [5.41, 5.74) is 26.8. The number of aliphatic carboxylic acids is 2. The van der Waals surface area contributed by atoms with E-state index >= 15 is 0 Å². The summed E-state index contributed by atoms with van der Waals surface area (Å²) < 4.78 is 0. The zero-order chi connectivity index (χ0) is 27.7. The summed E-state index contributed by atoms with van der Waals surface area (Å²) in [6.07, 6.45) is 0.251. The lowest BCUT2D eigenvalue weighted by Crippen LogP contribution is -2.53. The summed E-state index contributed by atoms with van der Waals surface area (Å²) in [6.45, 7) is -0.165. The van der Waals surface area contributed by atoms with Gasteiger partial charge in [-0.3, -0.25) is 29.2 Å². The number of guanidine groups is 2. The number of carboxylic acids is 2. The second kappa shape index (κ2) is 17.3. The molecule has 0 spiro atoms. The predicted octanol–water partition coefficient (Wildman–Crippen LogP) is -4.54. The van der Waals surface area contributed by atoms with Crippen molar-refractivity contribution >= 4 is 41.6 Å². The Hall–Kier alpha value is -4.15. The van der Waals surface area contributed by atoms with Gasteiger partial charge in [-0.2, -0.15) is 0 Å². The average Bonchev–Trinajstić information content (AvgIpc) is 2.78. The average molecular weight is 517 g/mol. The van der Waals surface area contributed by atoms with E-state index in [1.807, 2.05) is 0 Å². The van der Waals surface area contributed by atoms with Crippen molar-refractivity contribution in [2.24, 2.45) is 38.7 Å². The van der Waals surface area contributed by atoms with E-state index in [9.17, 15) is 24.0 Å². The van der Waals surface area contributed by atoms with Crippen molar-refractivity contribution in [3.05, 3.63) is 0 Å². The third-order valence-electron chi connectivity index (χ3n) is 4.59. The maximum Gasteiger partial charge on any atom is 0.326 e. The van der Waals surface area contributed by atoms with Crippen LogP contribution in [0.25, 0.3) is 0 Å². The summed E-state index contributed by atoms with van der Waals surface area (Å²) in [5.74, 6) is -5.09. The molecule has 0 aliphatic carbocycles. The van der Waals surface area contributed by atoms with Crippen LogP contribution in [0.2, 0.25) is 0 Å². The molecule has 0 bridgehead atoms. The number of hydrogen-bond donors (Lipinski definition) is 10. The molecular weight excluding hydrogens is 480 g/mol. The number of carboxylic acid groups (broad SMARTS) is 2. The SMILES string of the molecule is NC(N)=NCCCC(N)C(=O)NC(CCCN=C(N)N)C(=O)NCC(=O)NC(CCC(=O)O)C(=O)O. The van der Waals surface area contributed by atoms with Crippen molar-refractivity contribution in [1.82, 2.24) is 16.0 Å². The quantitative estimate of drug-likeness (QED) is 0.0467. The van der Waals surface area contributed by atoms with Gasteiger partial charge in [0.15, 0.2) is 11.9 Å². The zero-order valence-electron chi connectivity index (χ0n) is 19.8. The van der Waals surface area contributed by atoms with Crippen LogP contribution in [0.15, 0.2) is 9.98 Å². The van der Waals surface area contributed by atoms with Gasteiger partial charge in [-0.25, -0.2) is 4.79 Å². The van der Waals surface area contributed by atoms with Crippen LogP contribution in [0.3, 0.4) is 0 Å². The fourth-order valence-electron chi connectivity index (χ4n) is 2.76. The van der Waals surface area contributed by atoms with Gasteiger partial charge < -0.3 is 54.8 Å². The van der Waals surface area contributed by atoms with E-state index in [2.05, 4.69) is 25.9 Å². The first-order valence-corrected chi connectivity index (χ1v) is 11.0. The molecule has 36 heavy (non-hydrogen) atoms. The van der Waals surface area contributed by atoms with Crippen LogP contribution in [0.1, 0.15) is 38.5 Å². The van der Waals surface area contributed by atoms with Gasteiger partial charge in [0.05, 0.1) is 12.6 Å². The van der Waals surface area contributed by atoms with Gasteiger partial charge in [0.1, 0.15) is 12.1 Å². The van der Waals surface area contributed by atoms with Crippen LogP contribution >= 0.6 is 0 Å². The fraction of sp³-hybridized carbons (Fsp3) is 0.632. The Morgan fingerprint density at radius 2 is 1.31 bits per heavy atom. The van der Waals surface area contributed by atoms with Gasteiger partial charge in [0, 0.05) is 19.5 Å². The Bertz CT molecular complexity index is 825. The Morgan fingerprint density at radius 3 is 1.81 bits per heavy atom. The summed E-state index contributed by atoms with van der Waals surface area (Å²) in [4.78, 5) is 66.6. The smallest absolute Gasteiger partial charge is 0.326 e.